The van der Waals surface area contributed by atoms with Crippen LogP contribution in [0.1, 0.15) is 34.3 Å². The number of aromatic nitrogens is 3. The molecule has 0 radical (unpaired) electrons. The molecule has 1 fully saturated rings. The summed E-state index contributed by atoms with van der Waals surface area (Å²) in [5.74, 6) is 0.134. The fraction of sp³-hybridized carbons (Fsp3) is 0.267. The topological polar surface area (TPSA) is 118 Å². The first-order valence-corrected chi connectivity index (χ1v) is 13.3. The van der Waals surface area contributed by atoms with Gasteiger partial charge in [-0.1, -0.05) is 6.07 Å². The molecule has 42 heavy (non-hydrogen) atoms. The number of piperidine rings is 1. The lowest BCUT2D eigenvalue weighted by atomic mass is 10.1. The van der Waals surface area contributed by atoms with Crippen molar-refractivity contribution in [2.75, 3.05) is 36.5 Å². The zero-order valence-corrected chi connectivity index (χ0v) is 23.1. The highest BCUT2D eigenvalue weighted by atomic mass is 19.4. The lowest BCUT2D eigenvalue weighted by Gasteiger charge is -2.29. The zero-order valence-electron chi connectivity index (χ0n) is 23.1. The Hall–Kier alpha value is -4.71. The largest absolute Gasteiger partial charge is 0.490 e. The Labute approximate surface area is 241 Å². The second-order valence-corrected chi connectivity index (χ2v) is 10.1. The van der Waals surface area contributed by atoms with E-state index in [0.29, 0.717) is 52.7 Å². The number of alkyl halides is 3. The highest BCUT2D eigenvalue weighted by molar-refractivity contribution is 6.05. The van der Waals surface area contributed by atoms with Crippen LogP contribution in [-0.4, -0.2) is 52.0 Å². The van der Waals surface area contributed by atoms with Gasteiger partial charge >= 0.3 is 6.18 Å². The summed E-state index contributed by atoms with van der Waals surface area (Å²) in [5, 5.41) is 6.02. The Morgan fingerprint density at radius 1 is 1.02 bits per heavy atom. The number of benzene rings is 2. The van der Waals surface area contributed by atoms with Crippen LogP contribution >= 0.6 is 0 Å². The molecule has 12 heteroatoms. The molecule has 3 heterocycles. The number of nitrogen functional groups attached to an aromatic ring is 1. The summed E-state index contributed by atoms with van der Waals surface area (Å²) >= 11 is 0. The Balaban J connectivity index is 1.39. The Kier molecular flexibility index (Phi) is 8.25. The van der Waals surface area contributed by atoms with Crippen LogP contribution in [0, 0.1) is 6.92 Å². The number of nitrogens with zero attached hydrogens (tertiary/aromatic N) is 4. The van der Waals surface area contributed by atoms with Gasteiger partial charge in [0.2, 0.25) is 0 Å². The van der Waals surface area contributed by atoms with Gasteiger partial charge in [-0.2, -0.15) is 13.2 Å². The van der Waals surface area contributed by atoms with Crippen LogP contribution in [0.4, 0.5) is 36.2 Å². The molecule has 0 bridgehead atoms. The van der Waals surface area contributed by atoms with Crippen LogP contribution in [0.15, 0.2) is 67.1 Å². The number of ether oxygens (including phenoxy) is 1. The van der Waals surface area contributed by atoms with Crippen LogP contribution in [0.3, 0.4) is 0 Å². The molecule has 1 amide bonds. The summed E-state index contributed by atoms with van der Waals surface area (Å²) in [5.41, 5.74) is 7.68. The van der Waals surface area contributed by atoms with Crippen molar-refractivity contribution in [3.63, 3.8) is 0 Å². The van der Waals surface area contributed by atoms with Crippen LogP contribution in [0.25, 0.3) is 11.3 Å². The lowest BCUT2D eigenvalue weighted by molar-refractivity contribution is -0.137. The van der Waals surface area contributed by atoms with Gasteiger partial charge in [0.1, 0.15) is 29.8 Å². The average molecular weight is 578 g/mol. The number of halogens is 3. The maximum absolute atomic E-state index is 13.7. The second-order valence-electron chi connectivity index (χ2n) is 10.1. The van der Waals surface area contributed by atoms with Crippen molar-refractivity contribution in [2.24, 2.45) is 0 Å². The number of pyridine rings is 1. The highest BCUT2D eigenvalue weighted by Crippen LogP contribution is 2.35. The van der Waals surface area contributed by atoms with E-state index in [2.05, 4.69) is 30.5 Å². The van der Waals surface area contributed by atoms with Crippen molar-refractivity contribution >= 4 is 28.9 Å². The maximum atomic E-state index is 13.7. The fourth-order valence-corrected chi connectivity index (χ4v) is 4.72. The molecule has 0 saturated carbocycles. The van der Waals surface area contributed by atoms with E-state index >= 15 is 0 Å². The van der Waals surface area contributed by atoms with Gasteiger partial charge in [-0.3, -0.25) is 4.79 Å². The summed E-state index contributed by atoms with van der Waals surface area (Å²) in [6.45, 7) is 3.35. The van der Waals surface area contributed by atoms with E-state index in [1.54, 1.807) is 43.5 Å². The van der Waals surface area contributed by atoms with Crippen molar-refractivity contribution in [3.8, 4) is 17.0 Å². The minimum atomic E-state index is -4.64. The van der Waals surface area contributed by atoms with Crippen molar-refractivity contribution in [3.05, 3.63) is 83.8 Å². The zero-order chi connectivity index (χ0) is 29.9. The standard InChI is InChI=1S/C30H30F3N7O2/c1-18-24(38-28-23(5-4-10-35-28)26-16-27(34)37-17-36-26)6-3-7-25(18)39-29(41)19-13-20(30(31,32)33)15-22(14-19)42-21-8-11-40(2)12-9-21/h3-7,10,13-17,21H,8-9,11-12H2,1-2H3,(H,35,38)(H,39,41)(H2,34,36,37). The van der Waals surface area contributed by atoms with Crippen molar-refractivity contribution in [2.45, 2.75) is 32.0 Å². The summed E-state index contributed by atoms with van der Waals surface area (Å²) in [7, 11) is 1.99. The van der Waals surface area contributed by atoms with Gasteiger partial charge in [-0.25, -0.2) is 15.0 Å². The molecule has 218 valence electrons. The minimum absolute atomic E-state index is 0.0182. The summed E-state index contributed by atoms with van der Waals surface area (Å²) in [6, 6.07) is 13.6. The molecule has 4 aromatic rings. The maximum Gasteiger partial charge on any atom is 0.416 e. The first kappa shape index (κ1) is 28.8. The van der Waals surface area contributed by atoms with Crippen molar-refractivity contribution in [1.29, 1.82) is 0 Å². The summed E-state index contributed by atoms with van der Waals surface area (Å²) in [6.07, 6.45) is -0.501. The number of nitrogens with two attached hydrogens (primary N) is 1. The smallest absolute Gasteiger partial charge is 0.416 e. The van der Waals surface area contributed by atoms with E-state index < -0.39 is 17.6 Å². The molecule has 2 aromatic carbocycles. The Morgan fingerprint density at radius 2 is 1.79 bits per heavy atom. The molecule has 1 saturated heterocycles. The van der Waals surface area contributed by atoms with Crippen LogP contribution < -0.4 is 21.1 Å². The first-order chi connectivity index (χ1) is 20.1. The minimum Gasteiger partial charge on any atom is -0.490 e. The first-order valence-electron chi connectivity index (χ1n) is 13.3. The normalized spacial score (nSPS) is 14.4. The molecule has 9 nitrogen and oxygen atoms in total. The Bertz CT molecular complexity index is 1590. The van der Waals surface area contributed by atoms with E-state index in [9.17, 15) is 18.0 Å². The average Bonchev–Trinajstić information content (AvgIpc) is 2.96. The third-order valence-electron chi connectivity index (χ3n) is 7.07. The van der Waals surface area contributed by atoms with Gasteiger partial charge in [-0.15, -0.1) is 0 Å². The van der Waals surface area contributed by atoms with Crippen LogP contribution in [-0.2, 0) is 6.18 Å². The molecule has 2 aromatic heterocycles. The number of hydrogen-bond acceptors (Lipinski definition) is 8. The SMILES string of the molecule is Cc1c(NC(=O)c2cc(OC3CCN(C)CC3)cc(C(F)(F)F)c2)cccc1Nc1ncccc1-c1cc(N)ncn1. The number of amides is 1. The van der Waals surface area contributed by atoms with E-state index in [1.165, 1.54) is 12.4 Å². The molecular formula is C30H30F3N7O2. The number of carbonyl (C=O) groups excluding carboxylic acids is 1. The van der Waals surface area contributed by atoms with Crippen LogP contribution in [0.2, 0.25) is 0 Å². The summed E-state index contributed by atoms with van der Waals surface area (Å²) < 4.78 is 47.1. The van der Waals surface area contributed by atoms with E-state index in [1.807, 2.05) is 13.1 Å². The van der Waals surface area contributed by atoms with Gasteiger partial charge in [0.05, 0.1) is 11.3 Å². The monoisotopic (exact) mass is 577 g/mol. The Morgan fingerprint density at radius 3 is 2.52 bits per heavy atom. The lowest BCUT2D eigenvalue weighted by Crippen LogP contribution is -2.35. The highest BCUT2D eigenvalue weighted by Gasteiger charge is 2.32. The van der Waals surface area contributed by atoms with E-state index in [4.69, 9.17) is 10.5 Å². The van der Waals surface area contributed by atoms with Gasteiger partial charge < -0.3 is 26.0 Å². The van der Waals surface area contributed by atoms with Gasteiger partial charge in [0.15, 0.2) is 0 Å². The fourth-order valence-electron chi connectivity index (χ4n) is 4.72. The summed E-state index contributed by atoms with van der Waals surface area (Å²) in [4.78, 5) is 28.0. The molecule has 0 unspecified atom stereocenters. The molecule has 0 spiro atoms. The van der Waals surface area contributed by atoms with Crippen LogP contribution in [0.5, 0.6) is 5.75 Å². The number of nitrogens with one attached hydrogen (secondary N) is 2. The molecular weight excluding hydrogens is 547 g/mol. The molecule has 1 aliphatic heterocycles. The second kappa shape index (κ2) is 12.0. The third-order valence-corrected chi connectivity index (χ3v) is 7.07. The quantitative estimate of drug-likeness (QED) is 0.248. The van der Waals surface area contributed by atoms with Crippen molar-refractivity contribution in [1.82, 2.24) is 19.9 Å². The number of anilines is 4. The number of rotatable bonds is 7. The van der Waals surface area contributed by atoms with E-state index in [-0.39, 0.29) is 17.4 Å². The van der Waals surface area contributed by atoms with Gasteiger partial charge in [0.25, 0.3) is 5.91 Å². The molecule has 1 aliphatic rings. The number of carbonyl (C=O) groups is 1. The van der Waals surface area contributed by atoms with Gasteiger partial charge in [-0.05, 0) is 74.8 Å². The molecule has 0 atom stereocenters. The predicted molar refractivity (Wildman–Crippen MR) is 155 cm³/mol. The van der Waals surface area contributed by atoms with E-state index in [0.717, 1.165) is 25.2 Å². The molecule has 4 N–H and O–H groups in total. The van der Waals surface area contributed by atoms with Gasteiger partial charge in [0, 0.05) is 47.9 Å². The van der Waals surface area contributed by atoms with Crippen molar-refractivity contribution < 1.29 is 22.7 Å². The number of hydrogen-bond donors (Lipinski definition) is 3. The third kappa shape index (κ3) is 6.77. The predicted octanol–water partition coefficient (Wildman–Crippen LogP) is 5.92. The molecule has 0 aliphatic carbocycles. The molecule has 5 rings (SSSR count). The number of likely N-dealkylation sites (tertiary alicyclic amines) is 1.